The van der Waals surface area contributed by atoms with Gasteiger partial charge < -0.3 is 19.9 Å². The van der Waals surface area contributed by atoms with Crippen LogP contribution < -0.4 is 10.1 Å². The number of carbonyl (C=O) groups is 1. The average Bonchev–Trinajstić information content (AvgIpc) is 3.16. The molecule has 0 saturated carbocycles. The van der Waals surface area contributed by atoms with E-state index in [-0.39, 0.29) is 24.4 Å². The molecule has 0 aliphatic carbocycles. The number of piperidine rings is 1. The van der Waals surface area contributed by atoms with Crippen LogP contribution in [0.25, 0.3) is 0 Å². The molecule has 0 bridgehead atoms. The van der Waals surface area contributed by atoms with Gasteiger partial charge in [-0.25, -0.2) is 0 Å². The van der Waals surface area contributed by atoms with E-state index in [1.807, 2.05) is 4.90 Å². The molecule has 7 heteroatoms. The van der Waals surface area contributed by atoms with Gasteiger partial charge in [0.2, 0.25) is 0 Å². The second-order valence-corrected chi connectivity index (χ2v) is 7.33. The van der Waals surface area contributed by atoms with Crippen LogP contribution in [0, 0.1) is 0 Å². The Morgan fingerprint density at radius 3 is 2.77 bits per heavy atom. The third kappa shape index (κ3) is 5.26. The zero-order chi connectivity index (χ0) is 17.6. The fourth-order valence-electron chi connectivity index (χ4n) is 3.81. The molecule has 5 nitrogen and oxygen atoms in total. The van der Waals surface area contributed by atoms with Crippen molar-refractivity contribution in [1.82, 2.24) is 15.1 Å². The van der Waals surface area contributed by atoms with E-state index >= 15 is 0 Å². The minimum Gasteiger partial charge on any atom is -0.496 e. The maximum absolute atomic E-state index is 13.3. The first-order valence-electron chi connectivity index (χ1n) is 9.26. The van der Waals surface area contributed by atoms with Crippen LogP contribution in [0.4, 0.5) is 0 Å². The minimum atomic E-state index is 0. The Bertz CT molecular complexity index is 588. The van der Waals surface area contributed by atoms with E-state index in [0.717, 1.165) is 52.1 Å². The lowest BCUT2D eigenvalue weighted by atomic mass is 10.0. The van der Waals surface area contributed by atoms with Crippen molar-refractivity contribution in [2.24, 2.45) is 0 Å². The predicted octanol–water partition coefficient (Wildman–Crippen LogP) is 3.06. The molecule has 26 heavy (non-hydrogen) atoms. The average molecular weight is 402 g/mol. The lowest BCUT2D eigenvalue weighted by molar-refractivity contribution is 0.0624. The summed E-state index contributed by atoms with van der Waals surface area (Å²) in [4.78, 5) is 17.8. The summed E-state index contributed by atoms with van der Waals surface area (Å²) in [5, 5.41) is 3.99. The summed E-state index contributed by atoms with van der Waals surface area (Å²) >= 11 is 6.14. The van der Waals surface area contributed by atoms with E-state index < -0.39 is 0 Å². The van der Waals surface area contributed by atoms with Gasteiger partial charge in [-0.2, -0.15) is 0 Å². The molecule has 1 N–H and O–H groups in total. The van der Waals surface area contributed by atoms with E-state index in [0.29, 0.717) is 16.3 Å². The summed E-state index contributed by atoms with van der Waals surface area (Å²) < 4.78 is 5.40. The molecular weight excluding hydrogens is 373 g/mol. The number of carbonyl (C=O) groups excluding carboxylic acids is 1. The number of likely N-dealkylation sites (tertiary alicyclic amines) is 1. The molecule has 0 spiro atoms. The molecule has 0 radical (unpaired) electrons. The molecule has 2 heterocycles. The third-order valence-corrected chi connectivity index (χ3v) is 5.46. The highest BCUT2D eigenvalue weighted by molar-refractivity contribution is 6.31. The number of rotatable bonds is 6. The zero-order valence-corrected chi connectivity index (χ0v) is 17.0. The number of benzene rings is 1. The normalized spacial score (nSPS) is 20.5. The number of hydrogen-bond donors (Lipinski definition) is 1. The molecule has 0 aromatic heterocycles. The van der Waals surface area contributed by atoms with Crippen LogP contribution >= 0.6 is 24.0 Å². The van der Waals surface area contributed by atoms with Gasteiger partial charge in [-0.15, -0.1) is 12.4 Å². The Labute approximate surface area is 167 Å². The largest absolute Gasteiger partial charge is 0.496 e. The van der Waals surface area contributed by atoms with Gasteiger partial charge in [-0.1, -0.05) is 11.6 Å². The van der Waals surface area contributed by atoms with Gasteiger partial charge in [-0.05, 0) is 63.5 Å². The smallest absolute Gasteiger partial charge is 0.258 e. The monoisotopic (exact) mass is 401 g/mol. The van der Waals surface area contributed by atoms with E-state index in [2.05, 4.69) is 10.2 Å². The quantitative estimate of drug-likeness (QED) is 0.795. The highest BCUT2D eigenvalue weighted by atomic mass is 35.5. The highest BCUT2D eigenvalue weighted by Gasteiger charge is 2.28. The first-order valence-corrected chi connectivity index (χ1v) is 9.64. The molecule has 2 aliphatic heterocycles. The number of nitrogens with zero attached hydrogens (tertiary/aromatic N) is 2. The Kier molecular flexibility index (Phi) is 8.48. The van der Waals surface area contributed by atoms with Crippen molar-refractivity contribution in [3.05, 3.63) is 28.8 Å². The summed E-state index contributed by atoms with van der Waals surface area (Å²) in [5.74, 6) is 0.608. The number of methoxy groups -OCH3 is 1. The Morgan fingerprint density at radius 2 is 2.12 bits per heavy atom. The molecule has 2 fully saturated rings. The summed E-state index contributed by atoms with van der Waals surface area (Å²) in [5.41, 5.74) is 0.557. The molecule has 1 unspecified atom stereocenters. The van der Waals surface area contributed by atoms with E-state index in [9.17, 15) is 4.79 Å². The van der Waals surface area contributed by atoms with E-state index in [4.69, 9.17) is 16.3 Å². The standard InChI is InChI=1S/C19H28ClN3O2.ClH/c1-25-18-7-6-15(20)13-17(18)19(24)23(16-5-4-8-21-14-16)12-11-22-9-2-3-10-22;/h6-7,13,16,21H,2-5,8-12,14H2,1H3;1H. The molecule has 3 rings (SSSR count). The molecule has 146 valence electrons. The summed E-state index contributed by atoms with van der Waals surface area (Å²) in [7, 11) is 1.59. The zero-order valence-electron chi connectivity index (χ0n) is 15.4. The van der Waals surface area contributed by atoms with Crippen LogP contribution in [0.15, 0.2) is 18.2 Å². The number of ether oxygens (including phenoxy) is 1. The van der Waals surface area contributed by atoms with Gasteiger partial charge in [0.05, 0.1) is 12.7 Å². The second-order valence-electron chi connectivity index (χ2n) is 6.89. The SMILES string of the molecule is COc1ccc(Cl)cc1C(=O)N(CCN1CCCC1)C1CCCNC1.Cl. The summed E-state index contributed by atoms with van der Waals surface area (Å²) in [6, 6.07) is 5.48. The van der Waals surface area contributed by atoms with Crippen LogP contribution in [0.1, 0.15) is 36.0 Å². The maximum atomic E-state index is 13.3. The predicted molar refractivity (Wildman–Crippen MR) is 108 cm³/mol. The van der Waals surface area contributed by atoms with Crippen LogP contribution in [0.5, 0.6) is 5.75 Å². The molecule has 2 aliphatic rings. The molecule has 1 atom stereocenters. The van der Waals surface area contributed by atoms with Crippen molar-refractivity contribution in [3.8, 4) is 5.75 Å². The van der Waals surface area contributed by atoms with Gasteiger partial charge in [0.25, 0.3) is 5.91 Å². The van der Waals surface area contributed by atoms with Crippen molar-refractivity contribution < 1.29 is 9.53 Å². The summed E-state index contributed by atoms with van der Waals surface area (Å²) in [6.45, 7) is 5.86. The first-order chi connectivity index (χ1) is 12.2. The minimum absolute atomic E-state index is 0. The van der Waals surface area contributed by atoms with Gasteiger partial charge in [0, 0.05) is 30.7 Å². The van der Waals surface area contributed by atoms with Crippen molar-refractivity contribution in [3.63, 3.8) is 0 Å². The topological polar surface area (TPSA) is 44.8 Å². The Morgan fingerprint density at radius 1 is 1.35 bits per heavy atom. The van der Waals surface area contributed by atoms with E-state index in [1.165, 1.54) is 12.8 Å². The van der Waals surface area contributed by atoms with Crippen molar-refractivity contribution >= 4 is 29.9 Å². The van der Waals surface area contributed by atoms with Gasteiger partial charge in [0.15, 0.2) is 0 Å². The van der Waals surface area contributed by atoms with Crippen molar-refractivity contribution in [2.45, 2.75) is 31.7 Å². The van der Waals surface area contributed by atoms with Gasteiger partial charge in [0.1, 0.15) is 5.75 Å². The Hall–Kier alpha value is -1.01. The fraction of sp³-hybridized carbons (Fsp3) is 0.632. The third-order valence-electron chi connectivity index (χ3n) is 5.22. The highest BCUT2D eigenvalue weighted by Crippen LogP contribution is 2.26. The van der Waals surface area contributed by atoms with Crippen molar-refractivity contribution in [2.75, 3.05) is 46.4 Å². The number of hydrogen-bond acceptors (Lipinski definition) is 4. The first kappa shape index (κ1) is 21.3. The summed E-state index contributed by atoms with van der Waals surface area (Å²) in [6.07, 6.45) is 4.68. The lowest BCUT2D eigenvalue weighted by Crippen LogP contribution is -2.51. The fourth-order valence-corrected chi connectivity index (χ4v) is 3.98. The van der Waals surface area contributed by atoms with Crippen LogP contribution in [-0.2, 0) is 0 Å². The number of amides is 1. The molecular formula is C19H29Cl2N3O2. The maximum Gasteiger partial charge on any atom is 0.258 e. The second kappa shape index (κ2) is 10.4. The number of nitrogens with one attached hydrogen (secondary N) is 1. The molecule has 1 aromatic carbocycles. The lowest BCUT2D eigenvalue weighted by Gasteiger charge is -2.36. The van der Waals surface area contributed by atoms with Gasteiger partial charge in [-0.3, -0.25) is 4.79 Å². The van der Waals surface area contributed by atoms with Gasteiger partial charge >= 0.3 is 0 Å². The Balaban J connectivity index is 0.00000243. The number of halogens is 2. The van der Waals surface area contributed by atoms with Crippen molar-refractivity contribution in [1.29, 1.82) is 0 Å². The molecule has 1 amide bonds. The molecule has 2 saturated heterocycles. The molecule has 1 aromatic rings. The van der Waals surface area contributed by atoms with Crippen LogP contribution in [0.3, 0.4) is 0 Å². The van der Waals surface area contributed by atoms with Crippen LogP contribution in [-0.4, -0.2) is 68.1 Å². The van der Waals surface area contributed by atoms with E-state index in [1.54, 1.807) is 25.3 Å². The van der Waals surface area contributed by atoms with Crippen LogP contribution in [0.2, 0.25) is 5.02 Å².